The number of hydrogen-bond acceptors (Lipinski definition) is 7. The van der Waals surface area contributed by atoms with Crippen LogP contribution in [0.3, 0.4) is 0 Å². The zero-order chi connectivity index (χ0) is 23.7. The number of carbonyl (C=O) groups is 2. The fraction of sp³-hybridized carbons (Fsp3) is 0.407. The lowest BCUT2D eigenvalue weighted by Crippen LogP contribution is -2.36. The normalized spacial score (nSPS) is 24.6. The number of hydrogen-bond donors (Lipinski definition) is 1. The molecule has 0 spiro atoms. The minimum atomic E-state index is -0.417. The Hall–Kier alpha value is -2.90. The minimum Gasteiger partial charge on any atom is -0.496 e. The Morgan fingerprint density at radius 2 is 2.06 bits per heavy atom. The van der Waals surface area contributed by atoms with Crippen molar-refractivity contribution in [3.8, 4) is 5.75 Å². The molecule has 1 aromatic carbocycles. The van der Waals surface area contributed by atoms with E-state index in [1.54, 1.807) is 18.4 Å². The van der Waals surface area contributed by atoms with Crippen LogP contribution >= 0.6 is 11.3 Å². The molecular weight excluding hydrogens is 450 g/mol. The van der Waals surface area contributed by atoms with Crippen LogP contribution in [-0.4, -0.2) is 38.2 Å². The van der Waals surface area contributed by atoms with Crippen molar-refractivity contribution in [1.29, 1.82) is 0 Å². The summed E-state index contributed by atoms with van der Waals surface area (Å²) >= 11 is 1.56. The van der Waals surface area contributed by atoms with Crippen LogP contribution in [0.15, 0.2) is 64.3 Å². The highest BCUT2D eigenvalue weighted by Crippen LogP contribution is 2.47. The molecule has 1 aromatic heterocycles. The van der Waals surface area contributed by atoms with Gasteiger partial charge in [-0.05, 0) is 49.3 Å². The number of ether oxygens (including phenoxy) is 3. The third kappa shape index (κ3) is 4.30. The molecule has 178 valence electrons. The molecule has 0 saturated carbocycles. The highest BCUT2D eigenvalue weighted by Gasteiger charge is 2.42. The summed E-state index contributed by atoms with van der Waals surface area (Å²) in [5.74, 6) is 0.0600. The van der Waals surface area contributed by atoms with Crippen molar-refractivity contribution in [1.82, 2.24) is 5.32 Å². The van der Waals surface area contributed by atoms with Crippen molar-refractivity contribution in [2.45, 2.75) is 50.5 Å². The molecule has 3 atom stereocenters. The number of para-hydroxylation sites is 1. The smallest absolute Gasteiger partial charge is 0.336 e. The number of methoxy groups -OCH3 is 1. The Morgan fingerprint density at radius 1 is 1.21 bits per heavy atom. The van der Waals surface area contributed by atoms with Gasteiger partial charge in [-0.3, -0.25) is 4.79 Å². The van der Waals surface area contributed by atoms with Crippen LogP contribution < -0.4 is 10.1 Å². The van der Waals surface area contributed by atoms with Gasteiger partial charge in [-0.15, -0.1) is 11.3 Å². The average Bonchev–Trinajstić information content (AvgIpc) is 3.56. The number of dihydropyridines is 1. The molecule has 0 radical (unpaired) electrons. The van der Waals surface area contributed by atoms with E-state index in [0.29, 0.717) is 30.6 Å². The molecule has 0 bridgehead atoms. The fourth-order valence-corrected chi connectivity index (χ4v) is 6.14. The SMILES string of the molecule is COc1ccccc1[C@@H]1CC(=O)C2=C(C1)NC(C)=C(C(=O)OC[C@@H]1CCCO1)[C@@H]2c1cccs1. The van der Waals surface area contributed by atoms with Gasteiger partial charge in [0, 0.05) is 40.8 Å². The number of allylic oxidation sites excluding steroid dienone is 3. The third-order valence-corrected chi connectivity index (χ3v) is 7.82. The fourth-order valence-electron chi connectivity index (χ4n) is 5.30. The zero-order valence-corrected chi connectivity index (χ0v) is 20.3. The van der Waals surface area contributed by atoms with Crippen LogP contribution in [0.5, 0.6) is 5.75 Å². The van der Waals surface area contributed by atoms with Crippen LogP contribution in [0.4, 0.5) is 0 Å². The van der Waals surface area contributed by atoms with Crippen molar-refractivity contribution in [3.05, 3.63) is 74.8 Å². The van der Waals surface area contributed by atoms with E-state index >= 15 is 0 Å². The predicted molar refractivity (Wildman–Crippen MR) is 130 cm³/mol. The average molecular weight is 480 g/mol. The van der Waals surface area contributed by atoms with Gasteiger partial charge in [0.15, 0.2) is 5.78 Å². The number of ketones is 1. The Balaban J connectivity index is 1.47. The van der Waals surface area contributed by atoms with Crippen molar-refractivity contribution in [2.75, 3.05) is 20.3 Å². The molecule has 6 nitrogen and oxygen atoms in total. The van der Waals surface area contributed by atoms with Gasteiger partial charge >= 0.3 is 5.97 Å². The molecule has 3 aliphatic rings. The van der Waals surface area contributed by atoms with Crippen LogP contribution in [0.1, 0.15) is 54.9 Å². The molecule has 2 aromatic rings. The quantitative estimate of drug-likeness (QED) is 0.598. The number of rotatable bonds is 6. The molecule has 1 aliphatic carbocycles. The molecule has 1 N–H and O–H groups in total. The molecule has 1 fully saturated rings. The topological polar surface area (TPSA) is 73.9 Å². The van der Waals surface area contributed by atoms with Gasteiger partial charge < -0.3 is 19.5 Å². The Labute approximate surface area is 203 Å². The maximum absolute atomic E-state index is 13.6. The van der Waals surface area contributed by atoms with E-state index in [0.717, 1.165) is 40.4 Å². The zero-order valence-electron chi connectivity index (χ0n) is 19.5. The maximum Gasteiger partial charge on any atom is 0.336 e. The summed E-state index contributed by atoms with van der Waals surface area (Å²) in [7, 11) is 1.65. The lowest BCUT2D eigenvalue weighted by atomic mass is 9.73. The molecule has 5 rings (SSSR count). The highest BCUT2D eigenvalue weighted by molar-refractivity contribution is 7.10. The largest absolute Gasteiger partial charge is 0.496 e. The second-order valence-corrected chi connectivity index (χ2v) is 9.99. The number of thiophene rings is 1. The van der Waals surface area contributed by atoms with E-state index in [9.17, 15) is 9.59 Å². The van der Waals surface area contributed by atoms with E-state index in [1.807, 2.05) is 48.7 Å². The van der Waals surface area contributed by atoms with Crippen molar-refractivity contribution in [3.63, 3.8) is 0 Å². The summed E-state index contributed by atoms with van der Waals surface area (Å²) in [5.41, 5.74) is 3.86. The Morgan fingerprint density at radius 3 is 2.79 bits per heavy atom. The number of carbonyl (C=O) groups excluding carboxylic acids is 2. The van der Waals surface area contributed by atoms with Gasteiger partial charge in [0.1, 0.15) is 12.4 Å². The molecule has 0 unspecified atom stereocenters. The van der Waals surface area contributed by atoms with E-state index in [-0.39, 0.29) is 30.4 Å². The summed E-state index contributed by atoms with van der Waals surface area (Å²) in [6.07, 6.45) is 2.89. The third-order valence-electron chi connectivity index (χ3n) is 6.88. The number of Topliss-reactive ketones (excluding diaryl/α,β-unsaturated/α-hetero) is 1. The molecule has 3 heterocycles. The summed E-state index contributed by atoms with van der Waals surface area (Å²) < 4.78 is 16.9. The van der Waals surface area contributed by atoms with Crippen molar-refractivity contribution >= 4 is 23.1 Å². The maximum atomic E-state index is 13.6. The summed E-state index contributed by atoms with van der Waals surface area (Å²) in [6.45, 7) is 2.84. The Bertz CT molecular complexity index is 1140. The van der Waals surface area contributed by atoms with Crippen LogP contribution in [0.25, 0.3) is 0 Å². The van der Waals surface area contributed by atoms with E-state index in [1.165, 1.54) is 0 Å². The summed E-state index contributed by atoms with van der Waals surface area (Å²) in [6, 6.07) is 11.8. The first-order chi connectivity index (χ1) is 16.6. The second-order valence-electron chi connectivity index (χ2n) is 9.01. The van der Waals surface area contributed by atoms with E-state index < -0.39 is 5.92 Å². The first-order valence-electron chi connectivity index (χ1n) is 11.8. The first-order valence-corrected chi connectivity index (χ1v) is 12.6. The molecule has 1 saturated heterocycles. The van der Waals surface area contributed by atoms with E-state index in [4.69, 9.17) is 14.2 Å². The number of esters is 1. The second kappa shape index (κ2) is 9.76. The molecule has 0 amide bonds. The molecule has 2 aliphatic heterocycles. The van der Waals surface area contributed by atoms with Gasteiger partial charge in [0.05, 0.1) is 24.7 Å². The minimum absolute atomic E-state index is 0.0136. The lowest BCUT2D eigenvalue weighted by Gasteiger charge is -2.36. The van der Waals surface area contributed by atoms with Gasteiger partial charge in [0.2, 0.25) is 0 Å². The van der Waals surface area contributed by atoms with Crippen LogP contribution in [0, 0.1) is 0 Å². The molecule has 34 heavy (non-hydrogen) atoms. The first kappa shape index (κ1) is 22.9. The van der Waals surface area contributed by atoms with Crippen LogP contribution in [0.2, 0.25) is 0 Å². The van der Waals surface area contributed by atoms with Crippen LogP contribution in [-0.2, 0) is 19.1 Å². The van der Waals surface area contributed by atoms with E-state index in [2.05, 4.69) is 5.32 Å². The van der Waals surface area contributed by atoms with Gasteiger partial charge in [-0.1, -0.05) is 24.3 Å². The molecule has 7 heteroatoms. The monoisotopic (exact) mass is 479 g/mol. The Kier molecular flexibility index (Phi) is 6.57. The van der Waals surface area contributed by atoms with Crippen molar-refractivity contribution < 1.29 is 23.8 Å². The van der Waals surface area contributed by atoms with Gasteiger partial charge in [-0.25, -0.2) is 4.79 Å². The molecular formula is C27H29NO5S. The van der Waals surface area contributed by atoms with Crippen molar-refractivity contribution in [2.24, 2.45) is 0 Å². The predicted octanol–water partition coefficient (Wildman–Crippen LogP) is 4.84. The number of benzene rings is 1. The number of nitrogens with one attached hydrogen (secondary N) is 1. The van der Waals surface area contributed by atoms with Gasteiger partial charge in [-0.2, -0.15) is 0 Å². The van der Waals surface area contributed by atoms with Gasteiger partial charge in [0.25, 0.3) is 0 Å². The highest BCUT2D eigenvalue weighted by atomic mass is 32.1. The standard InChI is InChI=1S/C27H29NO5S/c1-16-24(27(30)33-15-18-7-5-11-32-18)26(23-10-6-12-34-23)25-20(28-16)13-17(14-21(25)29)19-8-3-4-9-22(19)31-2/h3-4,6,8-10,12,17-18,26,28H,5,7,11,13-15H2,1-2H3/t17-,18-,26-/m0/s1. The lowest BCUT2D eigenvalue weighted by molar-refractivity contribution is -0.142. The summed E-state index contributed by atoms with van der Waals surface area (Å²) in [5, 5.41) is 5.39. The summed E-state index contributed by atoms with van der Waals surface area (Å²) in [4.78, 5) is 27.9.